The molecule has 0 radical (unpaired) electrons. The van der Waals surface area contributed by atoms with Gasteiger partial charge in [0.2, 0.25) is 0 Å². The highest BCUT2D eigenvalue weighted by Crippen LogP contribution is 2.41. The first-order chi connectivity index (χ1) is 6.33. The lowest BCUT2D eigenvalue weighted by Gasteiger charge is -2.37. The minimum absolute atomic E-state index is 0.200. The Bertz CT molecular complexity index is 253. The van der Waals surface area contributed by atoms with Crippen LogP contribution < -0.4 is 0 Å². The van der Waals surface area contributed by atoms with Crippen LogP contribution in [0.4, 0.5) is 0 Å². The quantitative estimate of drug-likeness (QED) is 0.569. The van der Waals surface area contributed by atoms with Crippen LogP contribution in [-0.4, -0.2) is 5.78 Å². The van der Waals surface area contributed by atoms with Gasteiger partial charge in [-0.1, -0.05) is 19.3 Å². The Hall–Kier alpha value is -0.840. The average molecular weight is 177 g/mol. The second-order valence-corrected chi connectivity index (χ2v) is 4.32. The SMILES string of the molecule is N#C[C@@H]1C(=O)CC[C@@H]2CCCC[C@H]21. The van der Waals surface area contributed by atoms with E-state index in [1.807, 2.05) is 0 Å². The van der Waals surface area contributed by atoms with Crippen molar-refractivity contribution in [2.45, 2.75) is 38.5 Å². The summed E-state index contributed by atoms with van der Waals surface area (Å²) in [7, 11) is 0. The van der Waals surface area contributed by atoms with E-state index in [9.17, 15) is 4.79 Å². The number of carbonyl (C=O) groups is 1. The van der Waals surface area contributed by atoms with E-state index < -0.39 is 0 Å². The molecule has 2 aliphatic rings. The molecule has 3 atom stereocenters. The number of hydrogen-bond acceptors (Lipinski definition) is 2. The largest absolute Gasteiger partial charge is 0.298 e. The Kier molecular flexibility index (Phi) is 2.35. The van der Waals surface area contributed by atoms with E-state index in [0.717, 1.165) is 12.8 Å². The van der Waals surface area contributed by atoms with Crippen LogP contribution in [-0.2, 0) is 4.79 Å². The van der Waals surface area contributed by atoms with Crippen LogP contribution in [0.2, 0.25) is 0 Å². The Balaban J connectivity index is 2.14. The number of ketones is 1. The highest BCUT2D eigenvalue weighted by atomic mass is 16.1. The molecule has 0 aromatic heterocycles. The maximum atomic E-state index is 11.5. The summed E-state index contributed by atoms with van der Waals surface area (Å²) < 4.78 is 0. The number of carbonyl (C=O) groups excluding carboxylic acids is 1. The average Bonchev–Trinajstić information content (AvgIpc) is 2.18. The summed E-state index contributed by atoms with van der Waals surface area (Å²) >= 11 is 0. The van der Waals surface area contributed by atoms with Crippen LogP contribution in [0.5, 0.6) is 0 Å². The number of Topliss-reactive ketones (excluding diaryl/α,β-unsaturated/α-hetero) is 1. The molecule has 0 spiro atoms. The zero-order chi connectivity index (χ0) is 9.26. The van der Waals surface area contributed by atoms with E-state index in [4.69, 9.17) is 5.26 Å². The molecule has 0 saturated heterocycles. The Morgan fingerprint density at radius 2 is 2.00 bits per heavy atom. The van der Waals surface area contributed by atoms with Crippen LogP contribution in [0.1, 0.15) is 38.5 Å². The first-order valence-electron chi connectivity index (χ1n) is 5.25. The summed E-state index contributed by atoms with van der Waals surface area (Å²) in [5, 5.41) is 8.93. The Morgan fingerprint density at radius 1 is 1.23 bits per heavy atom. The van der Waals surface area contributed by atoms with Gasteiger partial charge in [0.05, 0.1) is 6.07 Å². The zero-order valence-electron chi connectivity index (χ0n) is 7.83. The van der Waals surface area contributed by atoms with Crippen molar-refractivity contribution >= 4 is 5.78 Å². The van der Waals surface area contributed by atoms with Gasteiger partial charge in [0.15, 0.2) is 0 Å². The lowest BCUT2D eigenvalue weighted by atomic mass is 9.65. The molecule has 0 amide bonds. The molecule has 0 N–H and O–H groups in total. The third kappa shape index (κ3) is 1.48. The summed E-state index contributed by atoms with van der Waals surface area (Å²) in [6.45, 7) is 0. The molecule has 2 saturated carbocycles. The number of nitrogens with zero attached hydrogens (tertiary/aromatic N) is 1. The predicted octanol–water partition coefficient (Wildman–Crippen LogP) is 2.30. The molecule has 2 rings (SSSR count). The third-order valence-electron chi connectivity index (χ3n) is 3.64. The maximum Gasteiger partial charge on any atom is 0.150 e. The fourth-order valence-corrected chi connectivity index (χ4v) is 2.92. The monoisotopic (exact) mass is 177 g/mol. The Morgan fingerprint density at radius 3 is 2.77 bits per heavy atom. The highest BCUT2D eigenvalue weighted by Gasteiger charge is 2.39. The van der Waals surface area contributed by atoms with Gasteiger partial charge in [0.25, 0.3) is 0 Å². The van der Waals surface area contributed by atoms with Gasteiger partial charge in [-0.15, -0.1) is 0 Å². The number of nitriles is 1. The van der Waals surface area contributed by atoms with Crippen molar-refractivity contribution in [3.63, 3.8) is 0 Å². The van der Waals surface area contributed by atoms with Crippen molar-refractivity contribution in [2.24, 2.45) is 17.8 Å². The maximum absolute atomic E-state index is 11.5. The van der Waals surface area contributed by atoms with Crippen molar-refractivity contribution in [3.05, 3.63) is 0 Å². The second-order valence-electron chi connectivity index (χ2n) is 4.32. The molecule has 0 bridgehead atoms. The molecule has 0 aromatic rings. The van der Waals surface area contributed by atoms with Crippen LogP contribution in [0.3, 0.4) is 0 Å². The molecule has 0 heterocycles. The van der Waals surface area contributed by atoms with E-state index in [1.165, 1.54) is 19.3 Å². The summed E-state index contributed by atoms with van der Waals surface area (Å²) in [6, 6.07) is 2.20. The fraction of sp³-hybridized carbons (Fsp3) is 0.818. The fourth-order valence-electron chi connectivity index (χ4n) is 2.92. The van der Waals surface area contributed by atoms with E-state index in [2.05, 4.69) is 6.07 Å². The minimum atomic E-state index is -0.265. The van der Waals surface area contributed by atoms with Crippen LogP contribution in [0.15, 0.2) is 0 Å². The molecule has 2 nitrogen and oxygen atoms in total. The first kappa shape index (κ1) is 8.74. The van der Waals surface area contributed by atoms with Crippen molar-refractivity contribution in [1.29, 1.82) is 5.26 Å². The van der Waals surface area contributed by atoms with Crippen molar-refractivity contribution in [3.8, 4) is 6.07 Å². The predicted molar refractivity (Wildman–Crippen MR) is 48.8 cm³/mol. The molecule has 2 heteroatoms. The van der Waals surface area contributed by atoms with Gasteiger partial charge in [0, 0.05) is 6.42 Å². The number of fused-ring (bicyclic) bond motifs is 1. The molecule has 2 fully saturated rings. The summed E-state index contributed by atoms with van der Waals surface area (Å²) in [5.74, 6) is 1.01. The summed E-state index contributed by atoms with van der Waals surface area (Å²) in [5.41, 5.74) is 0. The van der Waals surface area contributed by atoms with Crippen LogP contribution >= 0.6 is 0 Å². The summed E-state index contributed by atoms with van der Waals surface area (Å²) in [4.78, 5) is 11.5. The van der Waals surface area contributed by atoms with E-state index in [0.29, 0.717) is 18.3 Å². The normalized spacial score (nSPS) is 39.3. The molecule has 0 unspecified atom stereocenters. The zero-order valence-corrected chi connectivity index (χ0v) is 7.83. The molecule has 13 heavy (non-hydrogen) atoms. The van der Waals surface area contributed by atoms with Gasteiger partial charge in [-0.25, -0.2) is 0 Å². The molecule has 0 aromatic carbocycles. The second kappa shape index (κ2) is 3.49. The van der Waals surface area contributed by atoms with Crippen LogP contribution in [0, 0.1) is 29.1 Å². The third-order valence-corrected chi connectivity index (χ3v) is 3.64. The van der Waals surface area contributed by atoms with Crippen molar-refractivity contribution in [1.82, 2.24) is 0 Å². The molecule has 70 valence electrons. The molecular formula is C11H15NO. The van der Waals surface area contributed by atoms with Gasteiger partial charge >= 0.3 is 0 Å². The summed E-state index contributed by atoms with van der Waals surface area (Å²) in [6.07, 6.45) is 6.56. The lowest BCUT2D eigenvalue weighted by Crippen LogP contribution is -2.36. The lowest BCUT2D eigenvalue weighted by molar-refractivity contribution is -0.126. The first-order valence-corrected chi connectivity index (χ1v) is 5.25. The van der Waals surface area contributed by atoms with Crippen molar-refractivity contribution in [2.75, 3.05) is 0 Å². The Labute approximate surface area is 78.9 Å². The topological polar surface area (TPSA) is 40.9 Å². The molecular weight excluding hydrogens is 162 g/mol. The number of rotatable bonds is 0. The van der Waals surface area contributed by atoms with Crippen LogP contribution in [0.25, 0.3) is 0 Å². The highest BCUT2D eigenvalue weighted by molar-refractivity contribution is 5.84. The number of hydrogen-bond donors (Lipinski definition) is 0. The molecule has 2 aliphatic carbocycles. The van der Waals surface area contributed by atoms with Gasteiger partial charge in [-0.2, -0.15) is 5.26 Å². The van der Waals surface area contributed by atoms with Gasteiger partial charge in [-0.05, 0) is 24.7 Å². The van der Waals surface area contributed by atoms with E-state index >= 15 is 0 Å². The van der Waals surface area contributed by atoms with Gasteiger partial charge in [0.1, 0.15) is 11.7 Å². The smallest absolute Gasteiger partial charge is 0.150 e. The standard InChI is InChI=1S/C11H15NO/c12-7-10-9-4-2-1-3-8(9)5-6-11(10)13/h8-10H,1-6H2/t8-,9+,10-/m0/s1. The van der Waals surface area contributed by atoms with E-state index in [-0.39, 0.29) is 11.7 Å². The van der Waals surface area contributed by atoms with E-state index in [1.54, 1.807) is 0 Å². The van der Waals surface area contributed by atoms with Gasteiger partial charge < -0.3 is 0 Å². The van der Waals surface area contributed by atoms with Crippen molar-refractivity contribution < 1.29 is 4.79 Å². The molecule has 0 aliphatic heterocycles. The minimum Gasteiger partial charge on any atom is -0.298 e. The van der Waals surface area contributed by atoms with Gasteiger partial charge in [-0.3, -0.25) is 4.79 Å².